The van der Waals surface area contributed by atoms with Crippen molar-refractivity contribution in [3.05, 3.63) is 47.5 Å². The molecule has 0 bridgehead atoms. The fourth-order valence-corrected chi connectivity index (χ4v) is 2.94. The van der Waals surface area contributed by atoms with Gasteiger partial charge in [-0.3, -0.25) is 0 Å². The minimum atomic E-state index is -0.437. The minimum Gasteiger partial charge on any atom is -0.378 e. The topological polar surface area (TPSA) is 45.0 Å². The van der Waals surface area contributed by atoms with Crippen molar-refractivity contribution >= 4 is 10.8 Å². The molecule has 3 rings (SSSR count). The van der Waals surface area contributed by atoms with E-state index in [2.05, 4.69) is 54.7 Å². The van der Waals surface area contributed by atoms with Crippen molar-refractivity contribution in [2.24, 2.45) is 5.41 Å². The zero-order valence-corrected chi connectivity index (χ0v) is 11.8. The Hall–Kier alpha value is -1.89. The van der Waals surface area contributed by atoms with Crippen LogP contribution in [-0.4, -0.2) is 20.3 Å². The molecule has 2 aromatic carbocycles. The molecular formula is C17H18N2O. The molecule has 1 heterocycles. The fraction of sp³-hybridized carbons (Fsp3) is 0.353. The maximum atomic E-state index is 9.48. The number of hydrogen-bond acceptors (Lipinski definition) is 3. The van der Waals surface area contributed by atoms with Gasteiger partial charge >= 0.3 is 0 Å². The van der Waals surface area contributed by atoms with Crippen LogP contribution in [0.2, 0.25) is 0 Å². The summed E-state index contributed by atoms with van der Waals surface area (Å²) in [6, 6.07) is 15.3. The van der Waals surface area contributed by atoms with Crippen LogP contribution in [0.5, 0.6) is 0 Å². The summed E-state index contributed by atoms with van der Waals surface area (Å²) in [7, 11) is 1.90. The molecule has 0 amide bonds. The number of nitrogens with one attached hydrogen (secondary N) is 1. The monoisotopic (exact) mass is 266 g/mol. The van der Waals surface area contributed by atoms with Gasteiger partial charge in [-0.05, 0) is 36.4 Å². The van der Waals surface area contributed by atoms with Gasteiger partial charge in [0.25, 0.3) is 0 Å². The van der Waals surface area contributed by atoms with Crippen LogP contribution < -0.4 is 5.32 Å². The van der Waals surface area contributed by atoms with Crippen molar-refractivity contribution < 1.29 is 4.74 Å². The third-order valence-electron chi connectivity index (χ3n) is 4.14. The van der Waals surface area contributed by atoms with Crippen LogP contribution in [0.3, 0.4) is 0 Å². The summed E-state index contributed by atoms with van der Waals surface area (Å²) >= 11 is 0. The summed E-state index contributed by atoms with van der Waals surface area (Å²) in [5.41, 5.74) is 1.97. The van der Waals surface area contributed by atoms with Gasteiger partial charge in [-0.1, -0.05) is 35.9 Å². The maximum Gasteiger partial charge on any atom is 0.123 e. The molecular weight excluding hydrogens is 248 g/mol. The molecule has 2 aromatic rings. The molecule has 102 valence electrons. The lowest BCUT2D eigenvalue weighted by Crippen LogP contribution is -2.50. The molecule has 1 unspecified atom stereocenters. The molecule has 1 aliphatic heterocycles. The number of rotatable bonds is 3. The van der Waals surface area contributed by atoms with Gasteiger partial charge in [0.1, 0.15) is 5.41 Å². The summed E-state index contributed by atoms with van der Waals surface area (Å²) in [5.74, 6) is 0. The highest BCUT2D eigenvalue weighted by atomic mass is 16.5. The quantitative estimate of drug-likeness (QED) is 0.929. The van der Waals surface area contributed by atoms with Crippen molar-refractivity contribution in [3.63, 3.8) is 0 Å². The number of hydrogen-bond donors (Lipinski definition) is 1. The average molecular weight is 266 g/mol. The van der Waals surface area contributed by atoms with Crippen molar-refractivity contribution in [1.82, 2.24) is 5.32 Å². The van der Waals surface area contributed by atoms with Crippen molar-refractivity contribution in [2.45, 2.75) is 13.0 Å². The highest BCUT2D eigenvalue weighted by Gasteiger charge is 2.46. The standard InChI is InChI=1S/C17H18N2O/c1-12-3-4-14-8-15(6-5-13(14)7-12)16(19-2)17(9-18)10-20-11-17/h3-8,16,19H,10-11H2,1-2H3. The van der Waals surface area contributed by atoms with Crippen molar-refractivity contribution in [3.8, 4) is 6.07 Å². The SMILES string of the molecule is CNC(c1ccc2cc(C)ccc2c1)C1(C#N)COC1. The molecule has 1 saturated heterocycles. The first kappa shape index (κ1) is 13.1. The molecule has 3 heteroatoms. The third-order valence-corrected chi connectivity index (χ3v) is 4.14. The lowest BCUT2D eigenvalue weighted by atomic mass is 9.76. The van der Waals surface area contributed by atoms with E-state index < -0.39 is 5.41 Å². The normalized spacial score (nSPS) is 18.2. The maximum absolute atomic E-state index is 9.48. The summed E-state index contributed by atoms with van der Waals surface area (Å²) < 4.78 is 5.27. The van der Waals surface area contributed by atoms with Gasteiger partial charge in [-0.15, -0.1) is 0 Å². The minimum absolute atomic E-state index is 0.00644. The second-order valence-corrected chi connectivity index (χ2v) is 5.59. The molecule has 1 aliphatic rings. The summed E-state index contributed by atoms with van der Waals surface area (Å²) in [4.78, 5) is 0. The Labute approximate surface area is 119 Å². The Bertz CT molecular complexity index is 683. The van der Waals surface area contributed by atoms with Crippen LogP contribution in [0.25, 0.3) is 10.8 Å². The zero-order valence-electron chi connectivity index (χ0n) is 11.8. The number of nitriles is 1. The van der Waals surface area contributed by atoms with E-state index in [1.807, 2.05) is 7.05 Å². The van der Waals surface area contributed by atoms with Crippen LogP contribution in [0.1, 0.15) is 17.2 Å². The smallest absolute Gasteiger partial charge is 0.123 e. The van der Waals surface area contributed by atoms with Gasteiger partial charge in [0.05, 0.1) is 25.3 Å². The molecule has 1 atom stereocenters. The molecule has 1 fully saturated rings. The number of nitrogens with zero attached hydrogens (tertiary/aromatic N) is 1. The van der Waals surface area contributed by atoms with E-state index in [-0.39, 0.29) is 6.04 Å². The zero-order chi connectivity index (χ0) is 14.2. The number of aryl methyl sites for hydroxylation is 1. The largest absolute Gasteiger partial charge is 0.378 e. The second-order valence-electron chi connectivity index (χ2n) is 5.59. The highest BCUT2D eigenvalue weighted by Crippen LogP contribution is 2.40. The molecule has 0 spiro atoms. The molecule has 0 radical (unpaired) electrons. The van der Waals surface area contributed by atoms with Crippen molar-refractivity contribution in [1.29, 1.82) is 5.26 Å². The van der Waals surface area contributed by atoms with Crippen molar-refractivity contribution in [2.75, 3.05) is 20.3 Å². The summed E-state index contributed by atoms with van der Waals surface area (Å²) in [5, 5.41) is 15.2. The first-order valence-corrected chi connectivity index (χ1v) is 6.85. The van der Waals surface area contributed by atoms with Gasteiger partial charge in [0.2, 0.25) is 0 Å². The van der Waals surface area contributed by atoms with E-state index in [0.717, 1.165) is 5.56 Å². The number of ether oxygens (including phenoxy) is 1. The third kappa shape index (κ3) is 1.98. The van der Waals surface area contributed by atoms with Crippen LogP contribution >= 0.6 is 0 Å². The van der Waals surface area contributed by atoms with E-state index in [9.17, 15) is 5.26 Å². The molecule has 0 aromatic heterocycles. The van der Waals surface area contributed by atoms with E-state index in [4.69, 9.17) is 4.74 Å². The Morgan fingerprint density at radius 2 is 1.90 bits per heavy atom. The Morgan fingerprint density at radius 3 is 2.50 bits per heavy atom. The van der Waals surface area contributed by atoms with E-state index in [1.165, 1.54) is 16.3 Å². The number of benzene rings is 2. The fourth-order valence-electron chi connectivity index (χ4n) is 2.94. The average Bonchev–Trinajstić information content (AvgIpc) is 2.42. The number of fused-ring (bicyclic) bond motifs is 1. The first-order chi connectivity index (χ1) is 9.68. The van der Waals surface area contributed by atoms with Crippen LogP contribution in [0.4, 0.5) is 0 Å². The highest BCUT2D eigenvalue weighted by molar-refractivity contribution is 5.84. The van der Waals surface area contributed by atoms with Crippen LogP contribution in [0, 0.1) is 23.7 Å². The Balaban J connectivity index is 2.04. The van der Waals surface area contributed by atoms with Gasteiger partial charge in [0, 0.05) is 0 Å². The van der Waals surface area contributed by atoms with Gasteiger partial charge < -0.3 is 10.1 Å². The van der Waals surface area contributed by atoms with E-state index >= 15 is 0 Å². The Morgan fingerprint density at radius 1 is 1.20 bits per heavy atom. The molecule has 3 nitrogen and oxygen atoms in total. The first-order valence-electron chi connectivity index (χ1n) is 6.85. The van der Waals surface area contributed by atoms with Gasteiger partial charge in [-0.2, -0.15) is 5.26 Å². The second kappa shape index (κ2) is 4.90. The molecule has 20 heavy (non-hydrogen) atoms. The Kier molecular flexibility index (Phi) is 3.21. The van der Waals surface area contributed by atoms with E-state index in [1.54, 1.807) is 0 Å². The molecule has 0 saturated carbocycles. The summed E-state index contributed by atoms with van der Waals surface area (Å²) in [6.07, 6.45) is 0. The predicted octanol–water partition coefficient (Wildman–Crippen LogP) is 2.95. The molecule has 0 aliphatic carbocycles. The van der Waals surface area contributed by atoms with E-state index in [0.29, 0.717) is 13.2 Å². The summed E-state index contributed by atoms with van der Waals surface area (Å²) in [6.45, 7) is 3.10. The van der Waals surface area contributed by atoms with Gasteiger partial charge in [-0.25, -0.2) is 0 Å². The lowest BCUT2D eigenvalue weighted by Gasteiger charge is -2.41. The van der Waals surface area contributed by atoms with Crippen LogP contribution in [0.15, 0.2) is 36.4 Å². The van der Waals surface area contributed by atoms with Gasteiger partial charge in [0.15, 0.2) is 0 Å². The molecule has 1 N–H and O–H groups in total. The van der Waals surface area contributed by atoms with Crippen LogP contribution in [-0.2, 0) is 4.74 Å². The lowest BCUT2D eigenvalue weighted by molar-refractivity contribution is -0.0963. The predicted molar refractivity (Wildman–Crippen MR) is 79.4 cm³/mol.